The Labute approximate surface area is 220 Å². The van der Waals surface area contributed by atoms with E-state index in [1.54, 1.807) is 16.4 Å². The van der Waals surface area contributed by atoms with Gasteiger partial charge in [-0.1, -0.05) is 20.3 Å². The van der Waals surface area contributed by atoms with E-state index in [1.807, 2.05) is 4.90 Å². The van der Waals surface area contributed by atoms with Gasteiger partial charge in [-0.15, -0.1) is 0 Å². The summed E-state index contributed by atoms with van der Waals surface area (Å²) >= 11 is 0. The minimum atomic E-state index is -3.73. The number of hydrogen-bond acceptors (Lipinski definition) is 6. The van der Waals surface area contributed by atoms with E-state index in [1.165, 1.54) is 30.2 Å². The molecular formula is C27H40N4O5S. The highest BCUT2D eigenvalue weighted by Gasteiger charge is 2.35. The maximum atomic E-state index is 13.5. The highest BCUT2D eigenvalue weighted by Crippen LogP contribution is 2.36. The van der Waals surface area contributed by atoms with Crippen LogP contribution in [0.5, 0.6) is 5.75 Å². The first-order valence-electron chi connectivity index (χ1n) is 13.8. The Balaban J connectivity index is 1.29. The third kappa shape index (κ3) is 5.66. The van der Waals surface area contributed by atoms with Crippen LogP contribution in [-0.2, 0) is 19.6 Å². The number of amides is 2. The molecule has 0 unspecified atom stereocenters. The predicted octanol–water partition coefficient (Wildman–Crippen LogP) is 2.56. The second-order valence-corrected chi connectivity index (χ2v) is 13.3. The molecule has 9 nitrogen and oxygen atoms in total. The summed E-state index contributed by atoms with van der Waals surface area (Å²) in [6.07, 6.45) is 6.73. The molecule has 204 valence electrons. The molecule has 4 aliphatic rings. The minimum Gasteiger partial charge on any atom is -0.482 e. The zero-order valence-corrected chi connectivity index (χ0v) is 22.9. The molecule has 0 N–H and O–H groups in total. The van der Waals surface area contributed by atoms with Crippen molar-refractivity contribution in [3.63, 3.8) is 0 Å². The van der Waals surface area contributed by atoms with Crippen LogP contribution in [0.2, 0.25) is 0 Å². The average molecular weight is 533 g/mol. The lowest BCUT2D eigenvalue weighted by molar-refractivity contribution is -0.133. The zero-order valence-electron chi connectivity index (χ0n) is 22.1. The first-order valence-corrected chi connectivity index (χ1v) is 15.3. The van der Waals surface area contributed by atoms with Gasteiger partial charge in [0.1, 0.15) is 12.3 Å². The van der Waals surface area contributed by atoms with E-state index >= 15 is 0 Å². The van der Waals surface area contributed by atoms with Gasteiger partial charge in [0, 0.05) is 32.2 Å². The van der Waals surface area contributed by atoms with Gasteiger partial charge in [0.05, 0.1) is 10.6 Å². The lowest BCUT2D eigenvalue weighted by Gasteiger charge is -2.40. The number of likely N-dealkylation sites (tertiary alicyclic amines) is 2. The SMILES string of the molecule is C[C@@H]1C[C@@H](C)CN(S(=O)(=O)c2ccc3c(c2)N(CC(=O)N2CCC(N4CCCCC4)CC2)C(=O)CO3)C1. The summed E-state index contributed by atoms with van der Waals surface area (Å²) in [5.41, 5.74) is 0.354. The largest absolute Gasteiger partial charge is 0.482 e. The number of rotatable bonds is 5. The van der Waals surface area contributed by atoms with Crippen molar-refractivity contribution in [3.8, 4) is 5.75 Å². The zero-order chi connectivity index (χ0) is 26.2. The molecule has 1 aromatic carbocycles. The van der Waals surface area contributed by atoms with Gasteiger partial charge in [-0.25, -0.2) is 8.42 Å². The van der Waals surface area contributed by atoms with Gasteiger partial charge in [-0.05, 0) is 75.2 Å². The van der Waals surface area contributed by atoms with Crippen molar-refractivity contribution in [3.05, 3.63) is 18.2 Å². The number of piperidine rings is 3. The van der Waals surface area contributed by atoms with Crippen molar-refractivity contribution in [1.82, 2.24) is 14.1 Å². The van der Waals surface area contributed by atoms with Crippen molar-refractivity contribution in [2.24, 2.45) is 11.8 Å². The monoisotopic (exact) mass is 532 g/mol. The molecular weight excluding hydrogens is 492 g/mol. The maximum absolute atomic E-state index is 13.5. The van der Waals surface area contributed by atoms with Gasteiger partial charge in [0.2, 0.25) is 15.9 Å². The Morgan fingerprint density at radius 1 is 1.00 bits per heavy atom. The molecule has 1 aromatic rings. The smallest absolute Gasteiger partial charge is 0.265 e. The Morgan fingerprint density at radius 3 is 2.35 bits per heavy atom. The van der Waals surface area contributed by atoms with Crippen LogP contribution in [-0.4, -0.2) is 92.8 Å². The third-order valence-electron chi connectivity index (χ3n) is 8.36. The van der Waals surface area contributed by atoms with Crippen LogP contribution in [0.15, 0.2) is 23.1 Å². The van der Waals surface area contributed by atoms with Gasteiger partial charge in [0.15, 0.2) is 6.61 Å². The van der Waals surface area contributed by atoms with Gasteiger partial charge >= 0.3 is 0 Å². The average Bonchev–Trinajstić information content (AvgIpc) is 2.90. The Hall–Kier alpha value is -2.17. The summed E-state index contributed by atoms with van der Waals surface area (Å²) in [5.74, 6) is 0.558. The van der Waals surface area contributed by atoms with Gasteiger partial charge in [0.25, 0.3) is 5.91 Å². The quantitative estimate of drug-likeness (QED) is 0.579. The second-order valence-electron chi connectivity index (χ2n) is 11.4. The van der Waals surface area contributed by atoms with E-state index < -0.39 is 10.0 Å². The number of ether oxygens (including phenoxy) is 1. The molecule has 0 saturated carbocycles. The summed E-state index contributed by atoms with van der Waals surface area (Å²) in [6.45, 7) is 8.51. The molecule has 4 aliphatic heterocycles. The number of benzene rings is 1. The van der Waals surface area contributed by atoms with E-state index in [0.717, 1.165) is 32.4 Å². The van der Waals surface area contributed by atoms with Crippen LogP contribution in [0.3, 0.4) is 0 Å². The van der Waals surface area contributed by atoms with Crippen LogP contribution in [0.4, 0.5) is 5.69 Å². The summed E-state index contributed by atoms with van der Waals surface area (Å²) < 4.78 is 34.1. The number of hydrogen-bond donors (Lipinski definition) is 0. The summed E-state index contributed by atoms with van der Waals surface area (Å²) in [5, 5.41) is 0. The lowest BCUT2D eigenvalue weighted by Crippen LogP contribution is -2.51. The van der Waals surface area contributed by atoms with Crippen LogP contribution < -0.4 is 9.64 Å². The van der Waals surface area contributed by atoms with Crippen LogP contribution in [0.25, 0.3) is 0 Å². The molecule has 0 aliphatic carbocycles. The fourth-order valence-electron chi connectivity index (χ4n) is 6.47. The molecule has 2 atom stereocenters. The molecule has 4 heterocycles. The summed E-state index contributed by atoms with van der Waals surface area (Å²) in [6, 6.07) is 5.18. The molecule has 37 heavy (non-hydrogen) atoms. The van der Waals surface area contributed by atoms with Crippen molar-refractivity contribution in [1.29, 1.82) is 0 Å². The first-order chi connectivity index (χ1) is 17.7. The fraction of sp³-hybridized carbons (Fsp3) is 0.704. The summed E-state index contributed by atoms with van der Waals surface area (Å²) in [7, 11) is -3.73. The lowest BCUT2D eigenvalue weighted by atomic mass is 9.94. The Bertz CT molecular complexity index is 1100. The number of anilines is 1. The van der Waals surface area contributed by atoms with Crippen LogP contribution in [0.1, 0.15) is 52.4 Å². The highest BCUT2D eigenvalue weighted by atomic mass is 32.2. The van der Waals surface area contributed by atoms with Crippen molar-refractivity contribution < 1.29 is 22.7 Å². The standard InChI is InChI=1S/C27H40N4O5S/c1-20-14-21(2)17-30(16-20)37(34,35)23-6-7-25-24(15-23)31(27(33)19-36-25)18-26(32)29-12-8-22(9-13-29)28-10-4-3-5-11-28/h6-7,15,20-22H,3-5,8-14,16-19H2,1-2H3/t20-,21-/m1/s1. The van der Waals surface area contributed by atoms with E-state index in [-0.39, 0.29) is 41.7 Å². The topological polar surface area (TPSA) is 90.5 Å². The Kier molecular flexibility index (Phi) is 7.79. The predicted molar refractivity (Wildman–Crippen MR) is 141 cm³/mol. The van der Waals surface area contributed by atoms with E-state index in [0.29, 0.717) is 43.7 Å². The molecule has 3 saturated heterocycles. The normalized spacial score (nSPS) is 26.6. The first kappa shape index (κ1) is 26.4. The molecule has 3 fully saturated rings. The number of sulfonamides is 1. The van der Waals surface area contributed by atoms with E-state index in [2.05, 4.69) is 18.7 Å². The molecule has 0 spiro atoms. The molecule has 10 heteroatoms. The molecule has 0 aromatic heterocycles. The number of nitrogens with zero attached hydrogens (tertiary/aromatic N) is 4. The molecule has 2 amide bonds. The van der Waals surface area contributed by atoms with Crippen LogP contribution in [0, 0.1) is 11.8 Å². The van der Waals surface area contributed by atoms with E-state index in [4.69, 9.17) is 4.74 Å². The molecule has 5 rings (SSSR count). The minimum absolute atomic E-state index is 0.106. The van der Waals surface area contributed by atoms with Gasteiger partial charge in [-0.3, -0.25) is 14.5 Å². The highest BCUT2D eigenvalue weighted by molar-refractivity contribution is 7.89. The van der Waals surface area contributed by atoms with Crippen molar-refractivity contribution >= 4 is 27.5 Å². The van der Waals surface area contributed by atoms with Gasteiger partial charge in [-0.2, -0.15) is 4.31 Å². The van der Waals surface area contributed by atoms with Crippen molar-refractivity contribution in [2.75, 3.05) is 57.3 Å². The Morgan fingerprint density at radius 2 is 1.68 bits per heavy atom. The van der Waals surface area contributed by atoms with Gasteiger partial charge < -0.3 is 14.5 Å². The third-order valence-corrected chi connectivity index (χ3v) is 10.2. The molecule has 0 radical (unpaired) electrons. The summed E-state index contributed by atoms with van der Waals surface area (Å²) in [4.78, 5) is 32.1. The molecule has 0 bridgehead atoms. The van der Waals surface area contributed by atoms with Crippen molar-refractivity contribution in [2.45, 2.75) is 63.3 Å². The number of fused-ring (bicyclic) bond motifs is 1. The van der Waals surface area contributed by atoms with E-state index in [9.17, 15) is 18.0 Å². The maximum Gasteiger partial charge on any atom is 0.265 e. The second kappa shape index (κ2) is 10.9. The van der Waals surface area contributed by atoms with Crippen LogP contribution >= 0.6 is 0 Å². The fourth-order valence-corrected chi connectivity index (χ4v) is 8.17. The number of carbonyl (C=O) groups is 2. The number of carbonyl (C=O) groups excluding carboxylic acids is 2.